The maximum Gasteiger partial charge on any atom is 0.389 e. The molecule has 2 aromatic heterocycles. The summed E-state index contributed by atoms with van der Waals surface area (Å²) >= 11 is 5.90. The summed E-state index contributed by atoms with van der Waals surface area (Å²) in [6.07, 6.45) is 1.43. The molecule has 1 aliphatic heterocycles. The fourth-order valence-corrected chi connectivity index (χ4v) is 3.28. The molecule has 3 aromatic rings. The number of carbonyl (C=O) groups excluding carboxylic acids is 1. The smallest absolute Gasteiger partial charge is 0.358 e. The van der Waals surface area contributed by atoms with Crippen molar-refractivity contribution in [1.29, 1.82) is 0 Å². The third-order valence-electron chi connectivity index (χ3n) is 4.77. The van der Waals surface area contributed by atoms with Crippen molar-refractivity contribution in [3.05, 3.63) is 57.6 Å². The summed E-state index contributed by atoms with van der Waals surface area (Å²) < 4.78 is 6.63. The van der Waals surface area contributed by atoms with Gasteiger partial charge >= 0.3 is 5.82 Å². The largest absolute Gasteiger partial charge is 0.389 e. The van der Waals surface area contributed by atoms with Crippen molar-refractivity contribution in [2.45, 2.75) is 13.1 Å². The molecule has 1 saturated heterocycles. The fourth-order valence-electron chi connectivity index (χ4n) is 3.16. The van der Waals surface area contributed by atoms with Gasteiger partial charge in [0, 0.05) is 36.8 Å². The Morgan fingerprint density at radius 2 is 1.90 bits per heavy atom. The summed E-state index contributed by atoms with van der Waals surface area (Å²) in [5.74, 6) is 0.605. The first-order valence-corrected chi connectivity index (χ1v) is 9.62. The van der Waals surface area contributed by atoms with E-state index in [-0.39, 0.29) is 18.3 Å². The molecule has 0 N–H and O–H groups in total. The molecule has 3 heterocycles. The molecule has 0 spiro atoms. The van der Waals surface area contributed by atoms with Crippen molar-refractivity contribution in [3.8, 4) is 11.4 Å². The standard InChI is InChI=1S/C18H18ClN7O4/c19-14-3-1-13(2-4-14)18-20-16(30-22-18)11-23-7-9-24(10-8-23)17(27)12-25-6-5-15(21-25)26(28)29/h1-6H,7-12H2. The molecule has 30 heavy (non-hydrogen) atoms. The van der Waals surface area contributed by atoms with E-state index in [9.17, 15) is 14.9 Å². The molecule has 156 valence electrons. The normalized spacial score (nSPS) is 14.8. The van der Waals surface area contributed by atoms with Gasteiger partial charge in [0.15, 0.2) is 0 Å². The van der Waals surface area contributed by atoms with Gasteiger partial charge in [-0.2, -0.15) is 9.67 Å². The zero-order chi connectivity index (χ0) is 21.1. The second-order valence-corrected chi connectivity index (χ2v) is 7.24. The number of hydrogen-bond acceptors (Lipinski definition) is 8. The topological polar surface area (TPSA) is 123 Å². The Bertz CT molecular complexity index is 1040. The Kier molecular flexibility index (Phi) is 5.72. The summed E-state index contributed by atoms with van der Waals surface area (Å²) in [6, 6.07) is 8.47. The molecule has 0 bridgehead atoms. The molecular weight excluding hydrogens is 414 g/mol. The average molecular weight is 432 g/mol. The molecule has 1 amide bonds. The van der Waals surface area contributed by atoms with Crippen LogP contribution in [-0.2, 0) is 17.9 Å². The van der Waals surface area contributed by atoms with Crippen LogP contribution in [0.1, 0.15) is 5.89 Å². The number of nitrogens with zero attached hydrogens (tertiary/aromatic N) is 7. The molecule has 0 unspecified atom stereocenters. The van der Waals surface area contributed by atoms with Gasteiger partial charge in [0.1, 0.15) is 6.54 Å². The van der Waals surface area contributed by atoms with Gasteiger partial charge < -0.3 is 19.5 Å². The molecule has 4 rings (SSSR count). The maximum absolute atomic E-state index is 12.4. The molecule has 0 atom stereocenters. The zero-order valence-corrected chi connectivity index (χ0v) is 16.6. The SMILES string of the molecule is O=C(Cn1ccc([N+](=O)[O-])n1)N1CCN(Cc2nc(-c3ccc(Cl)cc3)no2)CC1. The number of aromatic nitrogens is 4. The monoisotopic (exact) mass is 431 g/mol. The van der Waals surface area contributed by atoms with Gasteiger partial charge in [0.05, 0.1) is 23.9 Å². The minimum Gasteiger partial charge on any atom is -0.358 e. The van der Waals surface area contributed by atoms with Crippen LogP contribution in [0.2, 0.25) is 5.02 Å². The second kappa shape index (κ2) is 8.59. The summed E-state index contributed by atoms with van der Waals surface area (Å²) in [5.41, 5.74) is 0.823. The highest BCUT2D eigenvalue weighted by molar-refractivity contribution is 6.30. The molecule has 0 aliphatic carbocycles. The van der Waals surface area contributed by atoms with Crippen LogP contribution >= 0.6 is 11.6 Å². The van der Waals surface area contributed by atoms with Crippen LogP contribution in [-0.4, -0.2) is 66.7 Å². The number of halogens is 1. The van der Waals surface area contributed by atoms with Crippen LogP contribution in [0.15, 0.2) is 41.1 Å². The highest BCUT2D eigenvalue weighted by atomic mass is 35.5. The lowest BCUT2D eigenvalue weighted by Gasteiger charge is -2.33. The molecule has 1 fully saturated rings. The second-order valence-electron chi connectivity index (χ2n) is 6.80. The first-order chi connectivity index (χ1) is 14.5. The van der Waals surface area contributed by atoms with E-state index in [1.165, 1.54) is 16.9 Å². The van der Waals surface area contributed by atoms with Gasteiger partial charge in [-0.25, -0.2) is 0 Å². The summed E-state index contributed by atoms with van der Waals surface area (Å²) in [5, 5.41) is 19.1. The van der Waals surface area contributed by atoms with Crippen LogP contribution in [0.3, 0.4) is 0 Å². The van der Waals surface area contributed by atoms with Crippen molar-refractivity contribution in [2.75, 3.05) is 26.2 Å². The Morgan fingerprint density at radius 3 is 2.57 bits per heavy atom. The van der Waals surface area contributed by atoms with E-state index < -0.39 is 4.92 Å². The van der Waals surface area contributed by atoms with Crippen LogP contribution < -0.4 is 0 Å². The summed E-state index contributed by atoms with van der Waals surface area (Å²) in [6.45, 7) is 2.87. The predicted octanol–water partition coefficient (Wildman–Crippen LogP) is 1.84. The van der Waals surface area contributed by atoms with Crippen LogP contribution in [0.5, 0.6) is 0 Å². The average Bonchev–Trinajstić information content (AvgIpc) is 3.39. The molecule has 1 aromatic carbocycles. The predicted molar refractivity (Wildman–Crippen MR) is 105 cm³/mol. The molecule has 1 aliphatic rings. The van der Waals surface area contributed by atoms with E-state index in [0.717, 1.165) is 5.56 Å². The maximum atomic E-state index is 12.4. The number of hydrogen-bond donors (Lipinski definition) is 0. The van der Waals surface area contributed by atoms with Crippen molar-refractivity contribution in [1.82, 2.24) is 29.7 Å². The fraction of sp³-hybridized carbons (Fsp3) is 0.333. The molecule has 12 heteroatoms. The van der Waals surface area contributed by atoms with Crippen molar-refractivity contribution >= 4 is 23.3 Å². The Balaban J connectivity index is 1.28. The Morgan fingerprint density at radius 1 is 1.17 bits per heavy atom. The van der Waals surface area contributed by atoms with E-state index in [4.69, 9.17) is 16.1 Å². The van der Waals surface area contributed by atoms with Gasteiger partial charge in [-0.15, -0.1) is 0 Å². The summed E-state index contributed by atoms with van der Waals surface area (Å²) in [7, 11) is 0. The highest BCUT2D eigenvalue weighted by Gasteiger charge is 2.24. The van der Waals surface area contributed by atoms with E-state index in [0.29, 0.717) is 49.5 Å². The van der Waals surface area contributed by atoms with Crippen LogP contribution in [0.25, 0.3) is 11.4 Å². The van der Waals surface area contributed by atoms with Gasteiger partial charge in [0.2, 0.25) is 17.6 Å². The van der Waals surface area contributed by atoms with Crippen LogP contribution in [0.4, 0.5) is 5.82 Å². The minimum absolute atomic E-state index is 0.0258. The lowest BCUT2D eigenvalue weighted by Crippen LogP contribution is -2.49. The highest BCUT2D eigenvalue weighted by Crippen LogP contribution is 2.19. The van der Waals surface area contributed by atoms with E-state index >= 15 is 0 Å². The van der Waals surface area contributed by atoms with Crippen LogP contribution in [0, 0.1) is 10.1 Å². The third-order valence-corrected chi connectivity index (χ3v) is 5.02. The molecule has 0 radical (unpaired) electrons. The first-order valence-electron chi connectivity index (χ1n) is 9.24. The lowest BCUT2D eigenvalue weighted by molar-refractivity contribution is -0.389. The van der Waals surface area contributed by atoms with Crippen molar-refractivity contribution < 1.29 is 14.2 Å². The number of rotatable bonds is 6. The zero-order valence-electron chi connectivity index (χ0n) is 15.8. The van der Waals surface area contributed by atoms with Crippen molar-refractivity contribution in [2.24, 2.45) is 0 Å². The number of benzene rings is 1. The lowest BCUT2D eigenvalue weighted by atomic mass is 10.2. The van der Waals surface area contributed by atoms with Gasteiger partial charge in [-0.3, -0.25) is 9.69 Å². The Hall–Kier alpha value is -3.31. The van der Waals surface area contributed by atoms with E-state index in [1.54, 1.807) is 17.0 Å². The van der Waals surface area contributed by atoms with Gasteiger partial charge in [0.25, 0.3) is 0 Å². The number of piperazine rings is 1. The number of nitro groups is 1. The molecule has 11 nitrogen and oxygen atoms in total. The number of carbonyl (C=O) groups is 1. The number of amides is 1. The molecular formula is C18H18ClN7O4. The third kappa shape index (κ3) is 4.63. The van der Waals surface area contributed by atoms with E-state index in [2.05, 4.69) is 20.1 Å². The Labute approximate surface area is 176 Å². The van der Waals surface area contributed by atoms with Gasteiger partial charge in [-0.05, 0) is 29.2 Å². The first kappa shape index (κ1) is 20.0. The quantitative estimate of drug-likeness (QED) is 0.427. The van der Waals surface area contributed by atoms with Gasteiger partial charge in [-0.1, -0.05) is 16.8 Å². The molecule has 0 saturated carbocycles. The van der Waals surface area contributed by atoms with Crippen molar-refractivity contribution in [3.63, 3.8) is 0 Å². The summed E-state index contributed by atoms with van der Waals surface area (Å²) in [4.78, 5) is 30.8. The minimum atomic E-state index is -0.588. The van der Waals surface area contributed by atoms with E-state index in [1.807, 2.05) is 12.1 Å².